The lowest BCUT2D eigenvalue weighted by Gasteiger charge is -2.31. The summed E-state index contributed by atoms with van der Waals surface area (Å²) in [4.78, 5) is 15.2. The normalized spacial score (nSPS) is 18.9. The van der Waals surface area contributed by atoms with E-state index in [1.165, 1.54) is 0 Å². The third kappa shape index (κ3) is 1.76. The van der Waals surface area contributed by atoms with Crippen LogP contribution < -0.4 is 0 Å². The molecular formula is C13H15NOS. The first kappa shape index (κ1) is 11.3. The number of carbonyl (C=O) groups excluding carboxylic acids is 1. The Morgan fingerprint density at radius 2 is 2.00 bits per heavy atom. The molecule has 0 aliphatic carbocycles. The van der Waals surface area contributed by atoms with Gasteiger partial charge >= 0.3 is 0 Å². The van der Waals surface area contributed by atoms with Gasteiger partial charge in [0.1, 0.15) is 0 Å². The van der Waals surface area contributed by atoms with Crippen LogP contribution in [0.15, 0.2) is 41.8 Å². The Balaban J connectivity index is 2.28. The van der Waals surface area contributed by atoms with Crippen LogP contribution in [-0.2, 0) is 0 Å². The predicted octanol–water partition coefficient (Wildman–Crippen LogP) is 3.13. The molecule has 0 radical (unpaired) electrons. The summed E-state index contributed by atoms with van der Waals surface area (Å²) in [5.74, 6) is 0.774. The second-order valence-electron chi connectivity index (χ2n) is 4.35. The number of rotatable bonds is 1. The van der Waals surface area contributed by atoms with Crippen molar-refractivity contribution in [1.29, 1.82) is 0 Å². The minimum atomic E-state index is -0.252. The first-order valence-corrected chi connectivity index (χ1v) is 6.21. The van der Waals surface area contributed by atoms with Crippen LogP contribution in [0.3, 0.4) is 0 Å². The van der Waals surface area contributed by atoms with Gasteiger partial charge in [-0.05, 0) is 26.0 Å². The third-order valence-corrected chi connectivity index (χ3v) is 4.23. The maximum atomic E-state index is 12.3. The van der Waals surface area contributed by atoms with Gasteiger partial charge in [0, 0.05) is 10.5 Å². The highest BCUT2D eigenvalue weighted by Gasteiger charge is 2.39. The quantitative estimate of drug-likeness (QED) is 0.742. The molecule has 1 aliphatic heterocycles. The summed E-state index contributed by atoms with van der Waals surface area (Å²) in [5, 5.41) is 0. The Bertz CT molecular complexity index is 425. The number of carbonyl (C=O) groups is 1. The number of thioether (sulfide) groups is 1. The molecule has 0 N–H and O–H groups in total. The van der Waals surface area contributed by atoms with Crippen LogP contribution in [0.5, 0.6) is 0 Å². The molecule has 2 rings (SSSR count). The van der Waals surface area contributed by atoms with Gasteiger partial charge in [-0.25, -0.2) is 0 Å². The number of hydrogen-bond acceptors (Lipinski definition) is 2. The van der Waals surface area contributed by atoms with E-state index in [1.807, 2.05) is 49.1 Å². The molecule has 0 bridgehead atoms. The fourth-order valence-corrected chi connectivity index (χ4v) is 2.87. The van der Waals surface area contributed by atoms with E-state index >= 15 is 0 Å². The lowest BCUT2D eigenvalue weighted by Crippen LogP contribution is -2.43. The van der Waals surface area contributed by atoms with Gasteiger partial charge in [-0.1, -0.05) is 24.8 Å². The smallest absolute Gasteiger partial charge is 0.255 e. The first-order chi connectivity index (χ1) is 7.53. The fraction of sp³-hybridized carbons (Fsp3) is 0.308. The van der Waals surface area contributed by atoms with E-state index in [9.17, 15) is 4.79 Å². The average molecular weight is 233 g/mol. The van der Waals surface area contributed by atoms with Crippen molar-refractivity contribution in [1.82, 2.24) is 4.90 Å². The van der Waals surface area contributed by atoms with Crippen molar-refractivity contribution in [3.05, 3.63) is 47.4 Å². The lowest BCUT2D eigenvalue weighted by molar-refractivity contribution is 0.0688. The minimum Gasteiger partial charge on any atom is -0.319 e. The Morgan fingerprint density at radius 3 is 2.50 bits per heavy atom. The van der Waals surface area contributed by atoms with Gasteiger partial charge in [-0.2, -0.15) is 0 Å². The van der Waals surface area contributed by atoms with E-state index in [4.69, 9.17) is 0 Å². The van der Waals surface area contributed by atoms with Crippen molar-refractivity contribution in [3.63, 3.8) is 0 Å². The van der Waals surface area contributed by atoms with Gasteiger partial charge in [0.2, 0.25) is 0 Å². The van der Waals surface area contributed by atoms with E-state index in [2.05, 4.69) is 6.58 Å². The fourth-order valence-electron chi connectivity index (χ4n) is 1.68. The van der Waals surface area contributed by atoms with Crippen LogP contribution in [0.2, 0.25) is 0 Å². The first-order valence-electron chi connectivity index (χ1n) is 5.22. The van der Waals surface area contributed by atoms with Crippen LogP contribution in [0.25, 0.3) is 0 Å². The van der Waals surface area contributed by atoms with E-state index < -0.39 is 0 Å². The molecule has 1 fully saturated rings. The molecule has 1 aromatic carbocycles. The molecule has 0 spiro atoms. The Hall–Kier alpha value is -1.22. The van der Waals surface area contributed by atoms with Crippen LogP contribution in [-0.4, -0.2) is 22.2 Å². The summed E-state index contributed by atoms with van der Waals surface area (Å²) in [6.07, 6.45) is 0. The molecule has 84 valence electrons. The molecule has 1 aromatic rings. The van der Waals surface area contributed by atoms with Crippen molar-refractivity contribution >= 4 is 17.7 Å². The standard InChI is InChI=1S/C13H15NOS/c1-10-13(2,3)14(9-16-10)12(15)11-7-5-4-6-8-11/h4-8H,1,9H2,2-3H3. The minimum absolute atomic E-state index is 0.0803. The molecule has 1 aliphatic rings. The maximum absolute atomic E-state index is 12.3. The zero-order chi connectivity index (χ0) is 11.8. The van der Waals surface area contributed by atoms with E-state index in [1.54, 1.807) is 11.8 Å². The van der Waals surface area contributed by atoms with Gasteiger partial charge in [0.25, 0.3) is 5.91 Å². The van der Waals surface area contributed by atoms with Crippen molar-refractivity contribution in [3.8, 4) is 0 Å². The number of hydrogen-bond donors (Lipinski definition) is 0. The summed E-state index contributed by atoms with van der Waals surface area (Å²) in [6, 6.07) is 9.39. The predicted molar refractivity (Wildman–Crippen MR) is 68.3 cm³/mol. The summed E-state index contributed by atoms with van der Waals surface area (Å²) in [7, 11) is 0. The summed E-state index contributed by atoms with van der Waals surface area (Å²) < 4.78 is 0. The van der Waals surface area contributed by atoms with E-state index in [-0.39, 0.29) is 11.4 Å². The van der Waals surface area contributed by atoms with Gasteiger partial charge < -0.3 is 4.90 Å². The van der Waals surface area contributed by atoms with Gasteiger partial charge in [-0.15, -0.1) is 11.8 Å². The highest BCUT2D eigenvalue weighted by atomic mass is 32.2. The molecule has 1 amide bonds. The Kier molecular flexibility index (Phi) is 2.80. The molecule has 1 saturated heterocycles. The zero-order valence-electron chi connectivity index (χ0n) is 9.56. The van der Waals surface area contributed by atoms with Crippen LogP contribution in [0, 0.1) is 0 Å². The average Bonchev–Trinajstić information content (AvgIpc) is 2.54. The summed E-state index contributed by atoms with van der Waals surface area (Å²) in [5.41, 5.74) is 0.489. The monoisotopic (exact) mass is 233 g/mol. The number of amides is 1. The van der Waals surface area contributed by atoms with Crippen molar-refractivity contribution < 1.29 is 4.79 Å². The largest absolute Gasteiger partial charge is 0.319 e. The highest BCUT2D eigenvalue weighted by Crippen LogP contribution is 2.40. The van der Waals surface area contributed by atoms with E-state index in [0.717, 1.165) is 10.5 Å². The van der Waals surface area contributed by atoms with Gasteiger partial charge in [-0.3, -0.25) is 4.79 Å². The van der Waals surface area contributed by atoms with Crippen molar-refractivity contribution in [2.75, 3.05) is 5.88 Å². The molecule has 3 heteroatoms. The molecule has 2 nitrogen and oxygen atoms in total. The molecule has 0 aromatic heterocycles. The summed E-state index contributed by atoms with van der Waals surface area (Å²) in [6.45, 7) is 8.08. The molecule has 0 saturated carbocycles. The molecule has 0 atom stereocenters. The van der Waals surface area contributed by atoms with Gasteiger partial charge in [0.05, 0.1) is 11.4 Å². The molecule has 1 heterocycles. The third-order valence-electron chi connectivity index (χ3n) is 2.99. The summed E-state index contributed by atoms with van der Waals surface area (Å²) >= 11 is 1.65. The second kappa shape index (κ2) is 3.98. The topological polar surface area (TPSA) is 20.3 Å². The van der Waals surface area contributed by atoms with E-state index in [0.29, 0.717) is 5.88 Å². The highest BCUT2D eigenvalue weighted by molar-refractivity contribution is 8.03. The second-order valence-corrected chi connectivity index (χ2v) is 5.39. The van der Waals surface area contributed by atoms with Crippen LogP contribution >= 0.6 is 11.8 Å². The van der Waals surface area contributed by atoms with Crippen LogP contribution in [0.4, 0.5) is 0 Å². The Morgan fingerprint density at radius 1 is 1.38 bits per heavy atom. The van der Waals surface area contributed by atoms with Crippen molar-refractivity contribution in [2.24, 2.45) is 0 Å². The van der Waals surface area contributed by atoms with Crippen molar-refractivity contribution in [2.45, 2.75) is 19.4 Å². The van der Waals surface area contributed by atoms with Crippen LogP contribution in [0.1, 0.15) is 24.2 Å². The number of nitrogens with zero attached hydrogens (tertiary/aromatic N) is 1. The maximum Gasteiger partial charge on any atom is 0.255 e. The zero-order valence-corrected chi connectivity index (χ0v) is 10.4. The molecular weight excluding hydrogens is 218 g/mol. The Labute approximate surface area is 100 Å². The van der Waals surface area contributed by atoms with Gasteiger partial charge in [0.15, 0.2) is 0 Å². The number of benzene rings is 1. The molecule has 16 heavy (non-hydrogen) atoms. The molecule has 0 unspecified atom stereocenters. The SMILES string of the molecule is C=C1SCN(C(=O)c2ccccc2)C1(C)C. The lowest BCUT2D eigenvalue weighted by atomic mass is 10.0.